The van der Waals surface area contributed by atoms with E-state index in [1.165, 1.54) is 0 Å². The summed E-state index contributed by atoms with van der Waals surface area (Å²) in [6.07, 6.45) is 13.9. The van der Waals surface area contributed by atoms with Crippen molar-refractivity contribution in [3.63, 3.8) is 0 Å². The number of hydrogen-bond donors (Lipinski definition) is 2. The van der Waals surface area contributed by atoms with E-state index in [1.54, 1.807) is 12.2 Å². The molecule has 2 N–H and O–H groups in total. The fourth-order valence-corrected chi connectivity index (χ4v) is 6.46. The van der Waals surface area contributed by atoms with E-state index >= 15 is 0 Å². The first-order valence-corrected chi connectivity index (χ1v) is 9.14. The molecule has 0 heterocycles. The summed E-state index contributed by atoms with van der Waals surface area (Å²) in [6.45, 7) is 4.24. The Morgan fingerprint density at radius 3 is 2.79 bits per heavy atom. The molecule has 0 spiro atoms. The van der Waals surface area contributed by atoms with Gasteiger partial charge in [0.1, 0.15) is 5.60 Å². The van der Waals surface area contributed by atoms with Crippen LogP contribution in [0.25, 0.3) is 0 Å². The summed E-state index contributed by atoms with van der Waals surface area (Å²) < 4.78 is 0. The molecule has 3 nitrogen and oxygen atoms in total. The molecule has 0 bridgehead atoms. The van der Waals surface area contributed by atoms with Crippen LogP contribution in [0.2, 0.25) is 0 Å². The van der Waals surface area contributed by atoms with Gasteiger partial charge >= 0.3 is 0 Å². The Morgan fingerprint density at radius 2 is 2.08 bits per heavy atom. The highest BCUT2D eigenvalue weighted by Gasteiger charge is 2.63. The van der Waals surface area contributed by atoms with Crippen molar-refractivity contribution in [3.05, 3.63) is 23.8 Å². The average Bonchev–Trinajstić information content (AvgIpc) is 2.84. The SMILES string of the molecule is C#C[C@]1(O)CC[C@H]2[C@@H]3[C@H](C)[C@H](O)C4=CC(=O)C=C[C@@H]4[C@H]3CC[C@@]21C. The molecule has 128 valence electrons. The molecule has 0 saturated heterocycles. The molecule has 3 heteroatoms. The van der Waals surface area contributed by atoms with Gasteiger partial charge in [-0.05, 0) is 67.1 Å². The van der Waals surface area contributed by atoms with Gasteiger partial charge in [-0.25, -0.2) is 0 Å². The Hall–Kier alpha value is -1.37. The number of terminal acetylenes is 1. The van der Waals surface area contributed by atoms with Crippen LogP contribution in [0, 0.1) is 47.3 Å². The van der Waals surface area contributed by atoms with Crippen molar-refractivity contribution < 1.29 is 15.0 Å². The molecular formula is C21H26O3. The lowest BCUT2D eigenvalue weighted by atomic mass is 9.48. The second-order valence-electron chi connectivity index (χ2n) is 8.58. The van der Waals surface area contributed by atoms with E-state index < -0.39 is 11.7 Å². The van der Waals surface area contributed by atoms with Gasteiger partial charge in [-0.2, -0.15) is 0 Å². The fraction of sp³-hybridized carbons (Fsp3) is 0.667. The van der Waals surface area contributed by atoms with Gasteiger partial charge in [0, 0.05) is 11.3 Å². The number of fused-ring (bicyclic) bond motifs is 5. The van der Waals surface area contributed by atoms with Gasteiger partial charge in [0.2, 0.25) is 0 Å². The molecule has 0 unspecified atom stereocenters. The number of allylic oxidation sites excluding steroid dienone is 3. The van der Waals surface area contributed by atoms with E-state index in [0.717, 1.165) is 24.8 Å². The van der Waals surface area contributed by atoms with E-state index in [9.17, 15) is 15.0 Å². The molecule has 3 fully saturated rings. The normalized spacial score (nSPS) is 52.8. The Bertz CT molecular complexity index is 684. The summed E-state index contributed by atoms with van der Waals surface area (Å²) in [5.41, 5.74) is -0.404. The van der Waals surface area contributed by atoms with Crippen molar-refractivity contribution >= 4 is 5.78 Å². The highest BCUT2D eigenvalue weighted by atomic mass is 16.3. The summed E-state index contributed by atoms with van der Waals surface area (Å²) in [5, 5.41) is 21.9. The fourth-order valence-electron chi connectivity index (χ4n) is 6.46. The van der Waals surface area contributed by atoms with Gasteiger partial charge in [0.25, 0.3) is 0 Å². The number of ketones is 1. The first-order chi connectivity index (χ1) is 11.3. The monoisotopic (exact) mass is 326 g/mol. The molecule has 24 heavy (non-hydrogen) atoms. The Morgan fingerprint density at radius 1 is 1.33 bits per heavy atom. The van der Waals surface area contributed by atoms with Crippen molar-refractivity contribution in [3.8, 4) is 12.3 Å². The lowest BCUT2D eigenvalue weighted by Gasteiger charge is -2.57. The smallest absolute Gasteiger partial charge is 0.178 e. The van der Waals surface area contributed by atoms with E-state index in [4.69, 9.17) is 6.42 Å². The summed E-state index contributed by atoms with van der Waals surface area (Å²) in [4.78, 5) is 11.8. The number of aliphatic hydroxyl groups excluding tert-OH is 1. The third kappa shape index (κ3) is 1.85. The van der Waals surface area contributed by atoms with Crippen LogP contribution in [0.1, 0.15) is 39.5 Å². The number of carbonyl (C=O) groups excluding carboxylic acids is 1. The first kappa shape index (κ1) is 16.1. The molecule has 4 aliphatic carbocycles. The van der Waals surface area contributed by atoms with E-state index in [0.29, 0.717) is 24.2 Å². The third-order valence-corrected chi connectivity index (χ3v) is 7.84. The highest BCUT2D eigenvalue weighted by Crippen LogP contribution is 2.65. The standard InChI is InChI=1S/C21H26O3/c1-4-21(24)10-8-17-18-12(2)19(23)16-11-13(22)5-6-14(16)15(18)7-9-20(17,21)3/h1,5-6,11-12,14-15,17-19,23-24H,7-10H2,2-3H3/t12-,14+,15+,17-,18+,19-,20-,21-/m0/s1. The molecule has 4 aliphatic rings. The van der Waals surface area contributed by atoms with Gasteiger partial charge in [-0.3, -0.25) is 4.79 Å². The van der Waals surface area contributed by atoms with Crippen LogP contribution in [0.5, 0.6) is 0 Å². The number of rotatable bonds is 0. The lowest BCUT2D eigenvalue weighted by molar-refractivity contribution is -0.115. The zero-order chi connectivity index (χ0) is 17.3. The van der Waals surface area contributed by atoms with E-state index in [-0.39, 0.29) is 23.0 Å². The molecule has 0 aromatic heterocycles. The Kier molecular flexibility index (Phi) is 3.40. The van der Waals surface area contributed by atoms with Crippen LogP contribution < -0.4 is 0 Å². The largest absolute Gasteiger partial charge is 0.388 e. The minimum Gasteiger partial charge on any atom is -0.388 e. The zero-order valence-corrected chi connectivity index (χ0v) is 14.4. The van der Waals surface area contributed by atoms with Gasteiger partial charge in [-0.1, -0.05) is 25.8 Å². The quantitative estimate of drug-likeness (QED) is 0.673. The van der Waals surface area contributed by atoms with E-state index in [1.807, 2.05) is 6.08 Å². The molecule has 4 rings (SSSR count). The maximum absolute atomic E-state index is 11.8. The first-order valence-electron chi connectivity index (χ1n) is 9.14. The average molecular weight is 326 g/mol. The predicted octanol–water partition coefficient (Wildman–Crippen LogP) is 2.49. The van der Waals surface area contributed by atoms with Crippen LogP contribution in [-0.2, 0) is 4.79 Å². The summed E-state index contributed by atoms with van der Waals surface area (Å²) in [5.74, 6) is 4.00. The summed E-state index contributed by atoms with van der Waals surface area (Å²) in [7, 11) is 0. The van der Waals surface area contributed by atoms with Gasteiger partial charge in [0.15, 0.2) is 5.78 Å². The van der Waals surface area contributed by atoms with Crippen molar-refractivity contribution in [1.82, 2.24) is 0 Å². The number of aliphatic hydroxyl groups is 2. The number of carbonyl (C=O) groups is 1. The molecule has 0 aromatic carbocycles. The van der Waals surface area contributed by atoms with Crippen LogP contribution in [0.4, 0.5) is 0 Å². The van der Waals surface area contributed by atoms with Crippen molar-refractivity contribution in [2.75, 3.05) is 0 Å². The van der Waals surface area contributed by atoms with Gasteiger partial charge < -0.3 is 10.2 Å². The topological polar surface area (TPSA) is 57.5 Å². The minimum atomic E-state index is -1.03. The van der Waals surface area contributed by atoms with Crippen LogP contribution in [0.15, 0.2) is 23.8 Å². The van der Waals surface area contributed by atoms with Crippen molar-refractivity contribution in [2.45, 2.75) is 51.2 Å². The van der Waals surface area contributed by atoms with Crippen molar-refractivity contribution in [1.29, 1.82) is 0 Å². The van der Waals surface area contributed by atoms with Crippen molar-refractivity contribution in [2.24, 2.45) is 35.0 Å². The number of hydrogen-bond acceptors (Lipinski definition) is 3. The van der Waals surface area contributed by atoms with Crippen LogP contribution in [-0.4, -0.2) is 27.7 Å². The maximum Gasteiger partial charge on any atom is 0.178 e. The minimum absolute atomic E-state index is 0.0193. The molecule has 0 aliphatic heterocycles. The van der Waals surface area contributed by atoms with E-state index in [2.05, 4.69) is 19.8 Å². The summed E-state index contributed by atoms with van der Waals surface area (Å²) in [6, 6.07) is 0. The third-order valence-electron chi connectivity index (χ3n) is 7.84. The molecular weight excluding hydrogens is 300 g/mol. The molecule has 0 amide bonds. The molecule has 3 saturated carbocycles. The zero-order valence-electron chi connectivity index (χ0n) is 14.4. The predicted molar refractivity (Wildman–Crippen MR) is 91.7 cm³/mol. The second-order valence-corrected chi connectivity index (χ2v) is 8.58. The summed E-state index contributed by atoms with van der Waals surface area (Å²) >= 11 is 0. The van der Waals surface area contributed by atoms with Gasteiger partial charge in [0.05, 0.1) is 6.10 Å². The highest BCUT2D eigenvalue weighted by molar-refractivity contribution is 6.01. The van der Waals surface area contributed by atoms with Gasteiger partial charge in [-0.15, -0.1) is 6.42 Å². The van der Waals surface area contributed by atoms with Crippen LogP contribution >= 0.6 is 0 Å². The molecule has 8 atom stereocenters. The second kappa shape index (κ2) is 5.07. The Balaban J connectivity index is 1.75. The Labute approximate surface area is 143 Å². The maximum atomic E-state index is 11.8. The van der Waals surface area contributed by atoms with Crippen LogP contribution in [0.3, 0.4) is 0 Å². The molecule has 0 aromatic rings. The lowest BCUT2D eigenvalue weighted by Crippen LogP contribution is -2.56. The molecule has 0 radical (unpaired) electrons.